The predicted molar refractivity (Wildman–Crippen MR) is 59.0 cm³/mol. The normalized spacial score (nSPS) is 10.3. The van der Waals surface area contributed by atoms with Crippen molar-refractivity contribution in [2.24, 2.45) is 0 Å². The fourth-order valence-electron chi connectivity index (χ4n) is 1.41. The number of hydrogen-bond acceptors (Lipinski definition) is 1. The zero-order valence-corrected chi connectivity index (χ0v) is 9.02. The van der Waals surface area contributed by atoms with Crippen LogP contribution in [0, 0.1) is 11.6 Å². The first-order valence-electron chi connectivity index (χ1n) is 5.43. The Labute approximate surface area is 89.5 Å². The van der Waals surface area contributed by atoms with Crippen LogP contribution >= 0.6 is 0 Å². The Morgan fingerprint density at radius 1 is 1.13 bits per heavy atom. The van der Waals surface area contributed by atoms with Crippen molar-refractivity contribution < 1.29 is 8.78 Å². The van der Waals surface area contributed by atoms with E-state index in [1.165, 1.54) is 25.0 Å². The topological polar surface area (TPSA) is 12.0 Å². The highest BCUT2D eigenvalue weighted by Gasteiger charge is 2.01. The van der Waals surface area contributed by atoms with Crippen LogP contribution in [0.5, 0.6) is 0 Å². The average molecular weight is 213 g/mol. The lowest BCUT2D eigenvalue weighted by Gasteiger charge is -2.06. The van der Waals surface area contributed by atoms with E-state index in [0.29, 0.717) is 5.69 Å². The maximum Gasteiger partial charge on any atom is 0.149 e. The summed E-state index contributed by atoms with van der Waals surface area (Å²) in [6, 6.07) is 3.59. The molecule has 1 nitrogen and oxygen atoms in total. The zero-order chi connectivity index (χ0) is 11.1. The highest BCUT2D eigenvalue weighted by atomic mass is 19.1. The molecule has 1 rings (SSSR count). The molecule has 1 N–H and O–H groups in total. The Bertz CT molecular complexity index is 300. The Hall–Kier alpha value is -1.12. The molecule has 0 spiro atoms. The Balaban J connectivity index is 2.31. The Morgan fingerprint density at radius 3 is 2.60 bits per heavy atom. The first kappa shape index (κ1) is 12.0. The van der Waals surface area contributed by atoms with Gasteiger partial charge in [0.05, 0.1) is 5.69 Å². The van der Waals surface area contributed by atoms with Crippen LogP contribution in [0.4, 0.5) is 14.5 Å². The van der Waals surface area contributed by atoms with Crippen molar-refractivity contribution in [3.63, 3.8) is 0 Å². The van der Waals surface area contributed by atoms with E-state index in [2.05, 4.69) is 12.2 Å². The minimum absolute atomic E-state index is 0.382. The summed E-state index contributed by atoms with van der Waals surface area (Å²) in [5.41, 5.74) is 0.382. The first-order valence-corrected chi connectivity index (χ1v) is 5.43. The fourth-order valence-corrected chi connectivity index (χ4v) is 1.41. The number of hydrogen-bond donors (Lipinski definition) is 1. The summed E-state index contributed by atoms with van der Waals surface area (Å²) in [6.07, 6.45) is 4.55. The molecule has 0 heterocycles. The van der Waals surface area contributed by atoms with Gasteiger partial charge in [0.1, 0.15) is 11.6 Å². The first-order chi connectivity index (χ1) is 7.24. The van der Waals surface area contributed by atoms with Gasteiger partial charge in [-0.25, -0.2) is 8.78 Å². The summed E-state index contributed by atoms with van der Waals surface area (Å²) in [7, 11) is 0. The smallest absolute Gasteiger partial charge is 0.149 e. The van der Waals surface area contributed by atoms with Gasteiger partial charge in [0.2, 0.25) is 0 Å². The summed E-state index contributed by atoms with van der Waals surface area (Å²) in [6.45, 7) is 2.88. The zero-order valence-electron chi connectivity index (χ0n) is 9.02. The van der Waals surface area contributed by atoms with Crippen molar-refractivity contribution in [3.8, 4) is 0 Å². The summed E-state index contributed by atoms with van der Waals surface area (Å²) >= 11 is 0. The molecule has 1 aromatic rings. The quantitative estimate of drug-likeness (QED) is 0.705. The summed E-state index contributed by atoms with van der Waals surface area (Å²) < 4.78 is 25.7. The van der Waals surface area contributed by atoms with E-state index in [0.717, 1.165) is 25.5 Å². The minimum atomic E-state index is -0.538. The molecule has 0 saturated heterocycles. The van der Waals surface area contributed by atoms with Gasteiger partial charge in [0.15, 0.2) is 0 Å². The summed E-state index contributed by atoms with van der Waals surface area (Å²) in [5, 5.41) is 2.96. The second-order valence-electron chi connectivity index (χ2n) is 3.61. The molecule has 0 aliphatic rings. The molecule has 3 heteroatoms. The van der Waals surface area contributed by atoms with Gasteiger partial charge in [-0.15, -0.1) is 0 Å². The Morgan fingerprint density at radius 2 is 1.93 bits per heavy atom. The molecule has 0 aromatic heterocycles. The van der Waals surface area contributed by atoms with Crippen molar-refractivity contribution in [2.45, 2.75) is 32.6 Å². The fraction of sp³-hybridized carbons (Fsp3) is 0.500. The van der Waals surface area contributed by atoms with Crippen molar-refractivity contribution in [1.29, 1.82) is 0 Å². The molecule has 0 bridgehead atoms. The monoisotopic (exact) mass is 213 g/mol. The van der Waals surface area contributed by atoms with Gasteiger partial charge in [-0.1, -0.05) is 26.2 Å². The van der Waals surface area contributed by atoms with Crippen LogP contribution in [-0.2, 0) is 0 Å². The van der Waals surface area contributed by atoms with E-state index >= 15 is 0 Å². The molecular weight excluding hydrogens is 196 g/mol. The molecule has 0 aliphatic heterocycles. The van der Waals surface area contributed by atoms with Gasteiger partial charge in [-0.05, 0) is 18.6 Å². The van der Waals surface area contributed by atoms with E-state index in [1.54, 1.807) is 0 Å². The minimum Gasteiger partial charge on any atom is -0.383 e. The molecule has 0 radical (unpaired) electrons. The number of unbranched alkanes of at least 4 members (excludes halogenated alkanes) is 3. The number of nitrogens with one attached hydrogen (secondary N) is 1. The molecule has 0 atom stereocenters. The standard InChI is InChI=1S/C12H17F2N/c1-2-3-4-5-8-15-12-7-6-10(13)9-11(12)14/h6-7,9,15H,2-5,8H2,1H3. The Kier molecular flexibility index (Phi) is 5.08. The molecular formula is C12H17F2N. The summed E-state index contributed by atoms with van der Waals surface area (Å²) in [4.78, 5) is 0. The van der Waals surface area contributed by atoms with Gasteiger partial charge < -0.3 is 5.32 Å². The number of anilines is 1. The molecule has 0 fully saturated rings. The van der Waals surface area contributed by atoms with Gasteiger partial charge in [-0.3, -0.25) is 0 Å². The number of halogens is 2. The van der Waals surface area contributed by atoms with Crippen LogP contribution in [0.2, 0.25) is 0 Å². The third-order valence-electron chi connectivity index (χ3n) is 2.28. The maximum atomic E-state index is 13.1. The van der Waals surface area contributed by atoms with E-state index in [4.69, 9.17) is 0 Å². The van der Waals surface area contributed by atoms with Crippen LogP contribution in [0.25, 0.3) is 0 Å². The second kappa shape index (κ2) is 6.38. The van der Waals surface area contributed by atoms with E-state index in [1.807, 2.05) is 0 Å². The SMILES string of the molecule is CCCCCCNc1ccc(F)cc1F. The molecule has 0 unspecified atom stereocenters. The maximum absolute atomic E-state index is 13.1. The number of rotatable bonds is 6. The molecule has 1 aromatic carbocycles. The second-order valence-corrected chi connectivity index (χ2v) is 3.61. The molecule has 0 amide bonds. The predicted octanol–water partition coefficient (Wildman–Crippen LogP) is 3.96. The van der Waals surface area contributed by atoms with Crippen molar-refractivity contribution in [2.75, 3.05) is 11.9 Å². The lowest BCUT2D eigenvalue weighted by atomic mass is 10.2. The highest BCUT2D eigenvalue weighted by molar-refractivity contribution is 5.44. The van der Waals surface area contributed by atoms with Crippen LogP contribution in [0.1, 0.15) is 32.6 Å². The summed E-state index contributed by atoms with van der Waals surface area (Å²) in [5.74, 6) is -1.06. The van der Waals surface area contributed by atoms with Crippen molar-refractivity contribution in [1.82, 2.24) is 0 Å². The van der Waals surface area contributed by atoms with Gasteiger partial charge in [0, 0.05) is 12.6 Å². The third kappa shape index (κ3) is 4.28. The van der Waals surface area contributed by atoms with Crippen molar-refractivity contribution in [3.05, 3.63) is 29.8 Å². The molecule has 0 aliphatic carbocycles. The molecule has 84 valence electrons. The van der Waals surface area contributed by atoms with Crippen LogP contribution in [-0.4, -0.2) is 6.54 Å². The van der Waals surface area contributed by atoms with Gasteiger partial charge in [-0.2, -0.15) is 0 Å². The van der Waals surface area contributed by atoms with Crippen LogP contribution in [0.15, 0.2) is 18.2 Å². The van der Waals surface area contributed by atoms with E-state index < -0.39 is 11.6 Å². The lowest BCUT2D eigenvalue weighted by Crippen LogP contribution is -2.03. The third-order valence-corrected chi connectivity index (χ3v) is 2.28. The largest absolute Gasteiger partial charge is 0.383 e. The van der Waals surface area contributed by atoms with Crippen LogP contribution in [0.3, 0.4) is 0 Å². The number of benzene rings is 1. The molecule has 15 heavy (non-hydrogen) atoms. The van der Waals surface area contributed by atoms with Crippen LogP contribution < -0.4 is 5.32 Å². The lowest BCUT2D eigenvalue weighted by molar-refractivity contribution is 0.584. The van der Waals surface area contributed by atoms with Crippen molar-refractivity contribution >= 4 is 5.69 Å². The highest BCUT2D eigenvalue weighted by Crippen LogP contribution is 2.14. The average Bonchev–Trinajstić information content (AvgIpc) is 2.20. The van der Waals surface area contributed by atoms with Gasteiger partial charge >= 0.3 is 0 Å². The van der Waals surface area contributed by atoms with E-state index in [9.17, 15) is 8.78 Å². The van der Waals surface area contributed by atoms with Gasteiger partial charge in [0.25, 0.3) is 0 Å². The van der Waals surface area contributed by atoms with E-state index in [-0.39, 0.29) is 0 Å². The molecule has 0 saturated carbocycles.